The highest BCUT2D eigenvalue weighted by atomic mass is 35.5. The molecular formula is C20H23ClN2O3S. The molecule has 2 aromatic rings. The first-order chi connectivity index (χ1) is 13.1. The number of thiophene rings is 1. The molecule has 0 unspecified atom stereocenters. The number of anilines is 1. The van der Waals surface area contributed by atoms with Crippen LogP contribution in [0.25, 0.3) is 11.1 Å². The smallest absolute Gasteiger partial charge is 0.341 e. The topological polar surface area (TPSA) is 67.4 Å². The van der Waals surface area contributed by atoms with E-state index in [9.17, 15) is 9.59 Å². The van der Waals surface area contributed by atoms with Crippen LogP contribution in [0.5, 0.6) is 0 Å². The Labute approximate surface area is 168 Å². The SMILES string of the molecule is CCOC(=O)c1c(-c2ccc(Cl)cc2)csc1NC(=O)NC1CCCCC1. The highest BCUT2D eigenvalue weighted by Gasteiger charge is 2.24. The molecule has 1 heterocycles. The number of rotatable bonds is 5. The van der Waals surface area contributed by atoms with Crippen molar-refractivity contribution < 1.29 is 14.3 Å². The second-order valence-electron chi connectivity index (χ2n) is 6.51. The van der Waals surface area contributed by atoms with Crippen molar-refractivity contribution in [3.05, 3.63) is 40.2 Å². The van der Waals surface area contributed by atoms with E-state index in [2.05, 4.69) is 10.6 Å². The summed E-state index contributed by atoms with van der Waals surface area (Å²) < 4.78 is 5.21. The molecule has 1 aromatic carbocycles. The summed E-state index contributed by atoms with van der Waals surface area (Å²) in [5.74, 6) is -0.448. The van der Waals surface area contributed by atoms with Crippen LogP contribution in [-0.4, -0.2) is 24.6 Å². The second-order valence-corrected chi connectivity index (χ2v) is 7.83. The Morgan fingerprint density at radius 1 is 1.19 bits per heavy atom. The lowest BCUT2D eigenvalue weighted by atomic mass is 9.96. The number of hydrogen-bond donors (Lipinski definition) is 2. The van der Waals surface area contributed by atoms with Gasteiger partial charge in [0.15, 0.2) is 0 Å². The van der Waals surface area contributed by atoms with Crippen molar-refractivity contribution >= 4 is 39.9 Å². The Hall–Kier alpha value is -2.05. The van der Waals surface area contributed by atoms with Crippen LogP contribution < -0.4 is 10.6 Å². The third kappa shape index (κ3) is 5.02. The number of nitrogens with one attached hydrogen (secondary N) is 2. The minimum absolute atomic E-state index is 0.195. The molecule has 7 heteroatoms. The van der Waals surface area contributed by atoms with E-state index in [-0.39, 0.29) is 18.7 Å². The number of amides is 2. The van der Waals surface area contributed by atoms with Gasteiger partial charge in [0.2, 0.25) is 0 Å². The van der Waals surface area contributed by atoms with E-state index in [1.54, 1.807) is 19.1 Å². The summed E-state index contributed by atoms with van der Waals surface area (Å²) in [7, 11) is 0. The maximum absolute atomic E-state index is 12.5. The van der Waals surface area contributed by atoms with Crippen LogP contribution in [0.1, 0.15) is 49.4 Å². The van der Waals surface area contributed by atoms with Gasteiger partial charge < -0.3 is 10.1 Å². The van der Waals surface area contributed by atoms with Gasteiger partial charge in [-0.1, -0.05) is 43.0 Å². The molecule has 0 aliphatic heterocycles. The van der Waals surface area contributed by atoms with Crippen molar-refractivity contribution in [3.8, 4) is 11.1 Å². The van der Waals surface area contributed by atoms with Gasteiger partial charge in [-0.25, -0.2) is 9.59 Å². The summed E-state index contributed by atoms with van der Waals surface area (Å²) in [6, 6.07) is 7.15. The fourth-order valence-electron chi connectivity index (χ4n) is 3.27. The Balaban J connectivity index is 1.82. The number of carbonyl (C=O) groups is 2. The van der Waals surface area contributed by atoms with Gasteiger partial charge in [-0.05, 0) is 37.5 Å². The summed E-state index contributed by atoms with van der Waals surface area (Å²) >= 11 is 7.28. The van der Waals surface area contributed by atoms with Crippen molar-refractivity contribution in [2.45, 2.75) is 45.1 Å². The number of carbonyl (C=O) groups excluding carboxylic acids is 2. The summed E-state index contributed by atoms with van der Waals surface area (Å²) in [6.07, 6.45) is 5.50. The molecule has 1 saturated carbocycles. The average Bonchev–Trinajstić information content (AvgIpc) is 3.06. The highest BCUT2D eigenvalue weighted by Crippen LogP contribution is 2.36. The Bertz CT molecular complexity index is 798. The van der Waals surface area contributed by atoms with Crippen molar-refractivity contribution in [2.75, 3.05) is 11.9 Å². The van der Waals surface area contributed by atoms with E-state index < -0.39 is 5.97 Å². The number of urea groups is 1. The fraction of sp³-hybridized carbons (Fsp3) is 0.400. The molecule has 144 valence electrons. The molecule has 1 aliphatic carbocycles. The maximum Gasteiger partial charge on any atom is 0.341 e. The minimum atomic E-state index is -0.448. The number of benzene rings is 1. The molecule has 1 aliphatic rings. The van der Waals surface area contributed by atoms with Crippen LogP contribution in [0, 0.1) is 0 Å². The average molecular weight is 407 g/mol. The first kappa shape index (κ1) is 19.7. The zero-order valence-electron chi connectivity index (χ0n) is 15.2. The lowest BCUT2D eigenvalue weighted by Crippen LogP contribution is -2.39. The van der Waals surface area contributed by atoms with Crippen LogP contribution in [-0.2, 0) is 4.74 Å². The predicted molar refractivity (Wildman–Crippen MR) is 110 cm³/mol. The molecule has 2 amide bonds. The van der Waals surface area contributed by atoms with Gasteiger partial charge in [-0.15, -0.1) is 11.3 Å². The highest BCUT2D eigenvalue weighted by molar-refractivity contribution is 7.15. The van der Waals surface area contributed by atoms with Crippen molar-refractivity contribution in [2.24, 2.45) is 0 Å². The van der Waals surface area contributed by atoms with Crippen molar-refractivity contribution in [1.82, 2.24) is 5.32 Å². The van der Waals surface area contributed by atoms with E-state index in [4.69, 9.17) is 16.3 Å². The normalized spacial score (nSPS) is 14.6. The van der Waals surface area contributed by atoms with Gasteiger partial charge >= 0.3 is 12.0 Å². The predicted octanol–water partition coefficient (Wildman–Crippen LogP) is 5.70. The largest absolute Gasteiger partial charge is 0.462 e. The van der Waals surface area contributed by atoms with Crippen LogP contribution in [0.15, 0.2) is 29.6 Å². The molecule has 1 aromatic heterocycles. The lowest BCUT2D eigenvalue weighted by molar-refractivity contribution is 0.0529. The quantitative estimate of drug-likeness (QED) is 0.626. The summed E-state index contributed by atoms with van der Waals surface area (Å²) in [6.45, 7) is 2.03. The first-order valence-corrected chi connectivity index (χ1v) is 10.5. The summed E-state index contributed by atoms with van der Waals surface area (Å²) in [5, 5.41) is 8.82. The lowest BCUT2D eigenvalue weighted by Gasteiger charge is -2.22. The Kier molecular flexibility index (Phi) is 6.74. The van der Waals surface area contributed by atoms with Crippen molar-refractivity contribution in [1.29, 1.82) is 0 Å². The van der Waals surface area contributed by atoms with Crippen molar-refractivity contribution in [3.63, 3.8) is 0 Å². The Morgan fingerprint density at radius 3 is 2.56 bits per heavy atom. The molecule has 0 bridgehead atoms. The van der Waals surface area contributed by atoms with E-state index in [1.807, 2.05) is 17.5 Å². The molecule has 0 radical (unpaired) electrons. The van der Waals surface area contributed by atoms with Crippen LogP contribution in [0.4, 0.5) is 9.80 Å². The first-order valence-electron chi connectivity index (χ1n) is 9.20. The summed E-state index contributed by atoms with van der Waals surface area (Å²) in [5.41, 5.74) is 1.95. The zero-order valence-corrected chi connectivity index (χ0v) is 16.8. The second kappa shape index (κ2) is 9.24. The van der Waals surface area contributed by atoms with Gasteiger partial charge in [0.25, 0.3) is 0 Å². The molecule has 5 nitrogen and oxygen atoms in total. The molecule has 3 rings (SSSR count). The van der Waals surface area contributed by atoms with Gasteiger partial charge in [0.1, 0.15) is 10.6 Å². The Morgan fingerprint density at radius 2 is 1.89 bits per heavy atom. The monoisotopic (exact) mass is 406 g/mol. The standard InChI is InChI=1S/C20H23ClN2O3S/c1-2-26-19(24)17-16(13-8-10-14(21)11-9-13)12-27-18(17)23-20(25)22-15-6-4-3-5-7-15/h8-12,15H,2-7H2,1H3,(H2,22,23,25). The van der Waals surface area contributed by atoms with E-state index in [0.29, 0.717) is 15.6 Å². The summed E-state index contributed by atoms with van der Waals surface area (Å²) in [4.78, 5) is 25.0. The molecule has 0 saturated heterocycles. The molecule has 27 heavy (non-hydrogen) atoms. The minimum Gasteiger partial charge on any atom is -0.462 e. The fourth-order valence-corrected chi connectivity index (χ4v) is 4.35. The van der Waals surface area contributed by atoms with Gasteiger partial charge in [-0.3, -0.25) is 5.32 Å². The van der Waals surface area contributed by atoms with Gasteiger partial charge in [-0.2, -0.15) is 0 Å². The van der Waals surface area contributed by atoms with Crippen LogP contribution >= 0.6 is 22.9 Å². The molecule has 1 fully saturated rings. The third-order valence-corrected chi connectivity index (χ3v) is 5.74. The van der Waals surface area contributed by atoms with Gasteiger partial charge in [0.05, 0.1) is 6.61 Å². The number of hydrogen-bond acceptors (Lipinski definition) is 4. The molecule has 2 N–H and O–H groups in total. The van der Waals surface area contributed by atoms with E-state index in [0.717, 1.165) is 36.8 Å². The maximum atomic E-state index is 12.5. The molecular weight excluding hydrogens is 384 g/mol. The molecule has 0 atom stereocenters. The van der Waals surface area contributed by atoms with Crippen LogP contribution in [0.3, 0.4) is 0 Å². The number of halogens is 1. The van der Waals surface area contributed by atoms with E-state index >= 15 is 0 Å². The number of ether oxygens (including phenoxy) is 1. The third-order valence-electron chi connectivity index (χ3n) is 4.59. The van der Waals surface area contributed by atoms with Gasteiger partial charge in [0, 0.05) is 22.0 Å². The zero-order chi connectivity index (χ0) is 19.2. The van der Waals surface area contributed by atoms with E-state index in [1.165, 1.54) is 17.8 Å². The number of esters is 1. The molecule has 0 spiro atoms. The van der Waals surface area contributed by atoms with Crippen LogP contribution in [0.2, 0.25) is 5.02 Å².